The highest BCUT2D eigenvalue weighted by atomic mass is 16.5. The van der Waals surface area contributed by atoms with E-state index < -0.39 is 5.91 Å². The van der Waals surface area contributed by atoms with E-state index in [2.05, 4.69) is 22.2 Å². The van der Waals surface area contributed by atoms with Crippen molar-refractivity contribution < 1.29 is 9.53 Å². The van der Waals surface area contributed by atoms with Gasteiger partial charge in [0, 0.05) is 18.2 Å². The second-order valence-electron chi connectivity index (χ2n) is 6.86. The summed E-state index contributed by atoms with van der Waals surface area (Å²) >= 11 is 0. The Kier molecular flexibility index (Phi) is 6.79. The number of unbranched alkanes of at least 4 members (excludes halogenated alkanes) is 1. The average molecular weight is 391 g/mol. The summed E-state index contributed by atoms with van der Waals surface area (Å²) in [5.41, 5.74) is 2.60. The molecule has 1 aromatic heterocycles. The number of ether oxygens (including phenoxy) is 1. The number of carbonyl (C=O) groups excluding carboxylic acids is 1. The fourth-order valence-electron chi connectivity index (χ4n) is 2.98. The molecule has 0 saturated carbocycles. The number of amides is 1. The van der Waals surface area contributed by atoms with Gasteiger partial charge in [0.2, 0.25) is 0 Å². The molecule has 0 aliphatic rings. The first-order valence-electron chi connectivity index (χ1n) is 9.71. The molecule has 0 radical (unpaired) electrons. The number of hydrogen-bond donors (Lipinski definition) is 2. The molecule has 3 rings (SSSR count). The average Bonchev–Trinajstić information content (AvgIpc) is 2.73. The van der Waals surface area contributed by atoms with Crippen molar-refractivity contribution in [3.8, 4) is 5.75 Å². The lowest BCUT2D eigenvalue weighted by molar-refractivity contribution is 0.102. The quantitative estimate of drug-likeness (QED) is 0.609. The molecule has 0 bridgehead atoms. The highest BCUT2D eigenvalue weighted by Gasteiger charge is 2.11. The molecule has 29 heavy (non-hydrogen) atoms. The topological polar surface area (TPSA) is 84.1 Å². The van der Waals surface area contributed by atoms with Gasteiger partial charge in [-0.3, -0.25) is 9.59 Å². The van der Waals surface area contributed by atoms with Gasteiger partial charge in [-0.2, -0.15) is 0 Å². The van der Waals surface area contributed by atoms with Crippen LogP contribution in [0.4, 0.5) is 5.69 Å². The van der Waals surface area contributed by atoms with E-state index in [1.54, 1.807) is 7.11 Å². The zero-order chi connectivity index (χ0) is 20.6. The Morgan fingerprint density at radius 3 is 2.41 bits per heavy atom. The fraction of sp³-hybridized carbons (Fsp3) is 0.261. The van der Waals surface area contributed by atoms with Crippen LogP contribution in [0, 0.1) is 0 Å². The number of nitrogens with one attached hydrogen (secondary N) is 2. The molecule has 2 N–H and O–H groups in total. The number of hydrogen-bond acceptors (Lipinski definition) is 4. The number of H-pyrrole nitrogens is 1. The van der Waals surface area contributed by atoms with E-state index in [-0.39, 0.29) is 11.3 Å². The molecule has 150 valence electrons. The molecule has 0 atom stereocenters. The van der Waals surface area contributed by atoms with Gasteiger partial charge in [0.05, 0.1) is 7.11 Å². The number of anilines is 1. The van der Waals surface area contributed by atoms with Crippen molar-refractivity contribution >= 4 is 11.6 Å². The van der Waals surface area contributed by atoms with Gasteiger partial charge in [0.1, 0.15) is 17.3 Å². The molecule has 2 aromatic carbocycles. The third-order valence-corrected chi connectivity index (χ3v) is 4.58. The number of aromatic amines is 1. The normalized spacial score (nSPS) is 10.6. The van der Waals surface area contributed by atoms with Gasteiger partial charge < -0.3 is 15.0 Å². The number of nitrogens with zero attached hydrogens (tertiary/aromatic N) is 1. The molecule has 0 aliphatic carbocycles. The molecule has 1 heterocycles. The van der Waals surface area contributed by atoms with Crippen LogP contribution in [0.5, 0.6) is 5.75 Å². The van der Waals surface area contributed by atoms with E-state index in [1.165, 1.54) is 11.6 Å². The molecule has 0 aliphatic heterocycles. The van der Waals surface area contributed by atoms with Crippen LogP contribution < -0.4 is 15.6 Å². The molecule has 1 amide bonds. The first-order chi connectivity index (χ1) is 14.1. The first kappa shape index (κ1) is 20.3. The summed E-state index contributed by atoms with van der Waals surface area (Å²) < 4.78 is 5.15. The van der Waals surface area contributed by atoms with E-state index in [0.717, 1.165) is 30.6 Å². The zero-order valence-electron chi connectivity index (χ0n) is 16.7. The zero-order valence-corrected chi connectivity index (χ0v) is 16.7. The van der Waals surface area contributed by atoms with E-state index in [4.69, 9.17) is 4.74 Å². The second kappa shape index (κ2) is 9.68. The minimum absolute atomic E-state index is 0.0901. The Morgan fingerprint density at radius 1 is 1.07 bits per heavy atom. The van der Waals surface area contributed by atoms with Gasteiger partial charge >= 0.3 is 0 Å². The summed E-state index contributed by atoms with van der Waals surface area (Å²) in [6.45, 7) is 2.16. The molecule has 6 nitrogen and oxygen atoms in total. The maximum atomic E-state index is 12.6. The minimum atomic E-state index is -0.409. The van der Waals surface area contributed by atoms with E-state index in [9.17, 15) is 9.59 Å². The maximum absolute atomic E-state index is 12.6. The number of rotatable bonds is 8. The Balaban J connectivity index is 1.71. The third-order valence-electron chi connectivity index (χ3n) is 4.58. The lowest BCUT2D eigenvalue weighted by Gasteiger charge is -2.08. The van der Waals surface area contributed by atoms with Gasteiger partial charge in [0.15, 0.2) is 0 Å². The summed E-state index contributed by atoms with van der Waals surface area (Å²) in [6, 6.07) is 16.4. The number of benzene rings is 2. The molecule has 0 saturated heterocycles. The van der Waals surface area contributed by atoms with Crippen LogP contribution >= 0.6 is 0 Å². The van der Waals surface area contributed by atoms with E-state index in [0.29, 0.717) is 17.9 Å². The summed E-state index contributed by atoms with van der Waals surface area (Å²) in [6.07, 6.45) is 3.71. The molecule has 0 fully saturated rings. The largest absolute Gasteiger partial charge is 0.497 e. The molecule has 3 aromatic rings. The second-order valence-corrected chi connectivity index (χ2v) is 6.86. The van der Waals surface area contributed by atoms with Crippen molar-refractivity contribution in [1.82, 2.24) is 9.97 Å². The summed E-state index contributed by atoms with van der Waals surface area (Å²) in [4.78, 5) is 31.6. The SMILES string of the molecule is CCCCc1ccc(NC(=O)c2cc(=O)[nH]c(Cc3ccc(OC)cc3)n2)cc1. The summed E-state index contributed by atoms with van der Waals surface area (Å²) in [7, 11) is 1.61. The van der Waals surface area contributed by atoms with Crippen LogP contribution in [0.1, 0.15) is 47.2 Å². The van der Waals surface area contributed by atoms with Crippen LogP contribution in [0.25, 0.3) is 0 Å². The minimum Gasteiger partial charge on any atom is -0.497 e. The monoisotopic (exact) mass is 391 g/mol. The summed E-state index contributed by atoms with van der Waals surface area (Å²) in [5, 5.41) is 2.80. The molecule has 0 unspecified atom stereocenters. The van der Waals surface area contributed by atoms with Crippen molar-refractivity contribution in [2.24, 2.45) is 0 Å². The number of carbonyl (C=O) groups is 1. The Bertz CT molecular complexity index is 1010. The van der Waals surface area contributed by atoms with Crippen LogP contribution in [0.2, 0.25) is 0 Å². The Labute approximate surface area is 170 Å². The van der Waals surface area contributed by atoms with Gasteiger partial charge in [-0.15, -0.1) is 0 Å². The van der Waals surface area contributed by atoms with Crippen molar-refractivity contribution in [2.45, 2.75) is 32.6 Å². The molecule has 6 heteroatoms. The molecular formula is C23H25N3O3. The predicted octanol–water partition coefficient (Wildman–Crippen LogP) is 3.96. The van der Waals surface area contributed by atoms with Crippen LogP contribution in [-0.4, -0.2) is 23.0 Å². The van der Waals surface area contributed by atoms with E-state index >= 15 is 0 Å². The van der Waals surface area contributed by atoms with E-state index in [1.807, 2.05) is 48.5 Å². The van der Waals surface area contributed by atoms with Gasteiger partial charge in [-0.05, 0) is 48.2 Å². The highest BCUT2D eigenvalue weighted by Crippen LogP contribution is 2.14. The first-order valence-corrected chi connectivity index (χ1v) is 9.71. The van der Waals surface area contributed by atoms with Gasteiger partial charge in [-0.1, -0.05) is 37.6 Å². The Morgan fingerprint density at radius 2 is 1.76 bits per heavy atom. The Hall–Kier alpha value is -3.41. The smallest absolute Gasteiger partial charge is 0.274 e. The predicted molar refractivity (Wildman–Crippen MR) is 114 cm³/mol. The third kappa shape index (κ3) is 5.78. The van der Waals surface area contributed by atoms with Crippen molar-refractivity contribution in [3.63, 3.8) is 0 Å². The van der Waals surface area contributed by atoms with Crippen molar-refractivity contribution in [3.05, 3.63) is 87.6 Å². The van der Waals surface area contributed by atoms with Gasteiger partial charge in [0.25, 0.3) is 11.5 Å². The standard InChI is InChI=1S/C23H25N3O3/c1-3-4-5-16-6-10-18(11-7-16)24-23(28)20-15-22(27)26-21(25-20)14-17-8-12-19(29-2)13-9-17/h6-13,15H,3-5,14H2,1-2H3,(H,24,28)(H,25,26,27). The summed E-state index contributed by atoms with van der Waals surface area (Å²) in [5.74, 6) is 0.778. The van der Waals surface area contributed by atoms with Crippen LogP contribution in [-0.2, 0) is 12.8 Å². The number of aryl methyl sites for hydroxylation is 1. The lowest BCUT2D eigenvalue weighted by atomic mass is 10.1. The van der Waals surface area contributed by atoms with Crippen LogP contribution in [0.3, 0.4) is 0 Å². The number of methoxy groups -OCH3 is 1. The fourth-order valence-corrected chi connectivity index (χ4v) is 2.98. The maximum Gasteiger partial charge on any atom is 0.274 e. The number of aromatic nitrogens is 2. The lowest BCUT2D eigenvalue weighted by Crippen LogP contribution is -2.20. The van der Waals surface area contributed by atoms with Gasteiger partial charge in [-0.25, -0.2) is 4.98 Å². The molecular weight excluding hydrogens is 366 g/mol. The molecule has 0 spiro atoms. The van der Waals surface area contributed by atoms with Crippen LogP contribution in [0.15, 0.2) is 59.4 Å². The van der Waals surface area contributed by atoms with Crippen molar-refractivity contribution in [1.29, 1.82) is 0 Å². The highest BCUT2D eigenvalue weighted by molar-refractivity contribution is 6.02. The van der Waals surface area contributed by atoms with Crippen molar-refractivity contribution in [2.75, 3.05) is 12.4 Å².